The maximum Gasteiger partial charge on any atom is 0.272 e. The molecule has 5 nitrogen and oxygen atoms in total. The van der Waals surface area contributed by atoms with E-state index in [4.69, 9.17) is 0 Å². The largest absolute Gasteiger partial charge is 0.336 e. The van der Waals surface area contributed by atoms with E-state index in [1.165, 1.54) is 11.1 Å². The summed E-state index contributed by atoms with van der Waals surface area (Å²) in [5, 5.41) is 0. The minimum absolute atomic E-state index is 0.0729. The van der Waals surface area contributed by atoms with Crippen molar-refractivity contribution < 1.29 is 4.79 Å². The monoisotopic (exact) mass is 310 g/mol. The van der Waals surface area contributed by atoms with Crippen molar-refractivity contribution in [2.75, 3.05) is 14.1 Å². The summed E-state index contributed by atoms with van der Waals surface area (Å²) in [6.45, 7) is 6.25. The lowest BCUT2D eigenvalue weighted by atomic mass is 10.1. The van der Waals surface area contributed by atoms with Gasteiger partial charge in [0.05, 0.1) is 0 Å². The average molecular weight is 310 g/mol. The summed E-state index contributed by atoms with van der Waals surface area (Å²) in [4.78, 5) is 25.0. The molecule has 0 bridgehead atoms. The first-order chi connectivity index (χ1) is 10.9. The number of benzene rings is 1. The molecule has 1 amide bonds. The number of fused-ring (bicyclic) bond motifs is 1. The molecule has 0 atom stereocenters. The number of aryl methyl sites for hydroxylation is 2. The van der Waals surface area contributed by atoms with Gasteiger partial charge < -0.3 is 4.90 Å². The summed E-state index contributed by atoms with van der Waals surface area (Å²) in [5.41, 5.74) is 5.16. The highest BCUT2D eigenvalue weighted by Gasteiger charge is 2.18. The van der Waals surface area contributed by atoms with Crippen LogP contribution < -0.4 is 0 Å². The van der Waals surface area contributed by atoms with Crippen molar-refractivity contribution in [3.8, 4) is 0 Å². The number of rotatable bonds is 3. The highest BCUT2D eigenvalue weighted by molar-refractivity contribution is 5.92. The van der Waals surface area contributed by atoms with E-state index in [1.807, 2.05) is 14.0 Å². The van der Waals surface area contributed by atoms with E-state index >= 15 is 0 Å². The molecule has 1 aliphatic heterocycles. The molecular formula is C18H22N4O. The normalized spacial score (nSPS) is 13.9. The number of carbonyl (C=O) groups is 1. The van der Waals surface area contributed by atoms with E-state index in [0.29, 0.717) is 18.1 Å². The number of amides is 1. The highest BCUT2D eigenvalue weighted by Crippen LogP contribution is 2.23. The third-order valence-corrected chi connectivity index (χ3v) is 4.10. The van der Waals surface area contributed by atoms with Crippen molar-refractivity contribution >= 4 is 5.91 Å². The van der Waals surface area contributed by atoms with Crippen LogP contribution in [0.4, 0.5) is 0 Å². The van der Waals surface area contributed by atoms with Crippen LogP contribution in [0.5, 0.6) is 0 Å². The Bertz CT molecular complexity index is 736. The van der Waals surface area contributed by atoms with E-state index < -0.39 is 0 Å². The van der Waals surface area contributed by atoms with Gasteiger partial charge in [-0.1, -0.05) is 18.2 Å². The first-order valence-corrected chi connectivity index (χ1v) is 7.79. The lowest BCUT2D eigenvalue weighted by molar-refractivity contribution is 0.0778. The molecule has 1 aromatic heterocycles. The van der Waals surface area contributed by atoms with Gasteiger partial charge in [0, 0.05) is 32.4 Å². The first kappa shape index (κ1) is 15.6. The molecule has 3 rings (SSSR count). The van der Waals surface area contributed by atoms with Gasteiger partial charge in [-0.3, -0.25) is 9.69 Å². The second-order valence-corrected chi connectivity index (χ2v) is 6.38. The number of carbonyl (C=O) groups excluding carboxylic acids is 1. The van der Waals surface area contributed by atoms with E-state index in [9.17, 15) is 4.79 Å². The van der Waals surface area contributed by atoms with Gasteiger partial charge >= 0.3 is 0 Å². The smallest absolute Gasteiger partial charge is 0.272 e. The zero-order chi connectivity index (χ0) is 16.6. The summed E-state index contributed by atoms with van der Waals surface area (Å²) < 4.78 is 0. The first-order valence-electron chi connectivity index (χ1n) is 7.79. The predicted molar refractivity (Wildman–Crippen MR) is 88.9 cm³/mol. The molecule has 0 saturated heterocycles. The SMILES string of the molecule is Cc1cc(C(=O)N(C)Cc2ccc3c(c2)CN(C)C3)nc(C)n1. The van der Waals surface area contributed by atoms with E-state index in [1.54, 1.807) is 17.9 Å². The summed E-state index contributed by atoms with van der Waals surface area (Å²) in [5.74, 6) is 0.554. The van der Waals surface area contributed by atoms with Crippen molar-refractivity contribution in [1.29, 1.82) is 0 Å². The van der Waals surface area contributed by atoms with Crippen molar-refractivity contribution in [3.63, 3.8) is 0 Å². The van der Waals surface area contributed by atoms with Crippen LogP contribution >= 0.6 is 0 Å². The summed E-state index contributed by atoms with van der Waals surface area (Å²) in [7, 11) is 3.93. The van der Waals surface area contributed by atoms with E-state index in [-0.39, 0.29) is 5.91 Å². The molecule has 5 heteroatoms. The summed E-state index contributed by atoms with van der Waals surface area (Å²) in [6.07, 6.45) is 0. The molecule has 1 aliphatic rings. The quantitative estimate of drug-likeness (QED) is 0.873. The van der Waals surface area contributed by atoms with Gasteiger partial charge in [0.2, 0.25) is 0 Å². The third kappa shape index (κ3) is 3.40. The average Bonchev–Trinajstić information content (AvgIpc) is 2.84. The van der Waals surface area contributed by atoms with Crippen LogP contribution in [-0.4, -0.2) is 39.8 Å². The molecule has 0 unspecified atom stereocenters. The summed E-state index contributed by atoms with van der Waals surface area (Å²) in [6, 6.07) is 8.23. The van der Waals surface area contributed by atoms with Crippen molar-refractivity contribution in [2.24, 2.45) is 0 Å². The lowest BCUT2D eigenvalue weighted by Crippen LogP contribution is -2.27. The van der Waals surface area contributed by atoms with Gasteiger partial charge in [0.1, 0.15) is 11.5 Å². The second kappa shape index (κ2) is 6.08. The van der Waals surface area contributed by atoms with Crippen LogP contribution in [0.25, 0.3) is 0 Å². The standard InChI is InChI=1S/C18H22N4O/c1-12-7-17(20-13(2)19-12)18(23)22(4)9-14-5-6-15-10-21(3)11-16(15)8-14/h5-8H,9-11H2,1-4H3. The number of hydrogen-bond acceptors (Lipinski definition) is 4. The lowest BCUT2D eigenvalue weighted by Gasteiger charge is -2.17. The van der Waals surface area contributed by atoms with E-state index in [2.05, 4.69) is 40.1 Å². The Morgan fingerprint density at radius 3 is 2.65 bits per heavy atom. The molecule has 0 radical (unpaired) electrons. The minimum Gasteiger partial charge on any atom is -0.336 e. The minimum atomic E-state index is -0.0729. The molecule has 0 N–H and O–H groups in total. The molecule has 23 heavy (non-hydrogen) atoms. The fourth-order valence-corrected chi connectivity index (χ4v) is 3.08. The maximum atomic E-state index is 12.6. The fraction of sp³-hybridized carbons (Fsp3) is 0.389. The van der Waals surface area contributed by atoms with Crippen LogP contribution in [0.1, 0.15) is 38.7 Å². The highest BCUT2D eigenvalue weighted by atomic mass is 16.2. The topological polar surface area (TPSA) is 49.3 Å². The fourth-order valence-electron chi connectivity index (χ4n) is 3.08. The van der Waals surface area contributed by atoms with Crippen molar-refractivity contribution in [1.82, 2.24) is 19.8 Å². The van der Waals surface area contributed by atoms with E-state index in [0.717, 1.165) is 24.3 Å². The van der Waals surface area contributed by atoms with Gasteiger partial charge in [-0.05, 0) is 43.7 Å². The molecule has 0 fully saturated rings. The predicted octanol–water partition coefficient (Wildman–Crippen LogP) is 2.31. The Hall–Kier alpha value is -2.27. The Balaban J connectivity index is 1.75. The zero-order valence-electron chi connectivity index (χ0n) is 14.1. The van der Waals surface area contributed by atoms with Gasteiger partial charge in [0.25, 0.3) is 5.91 Å². The zero-order valence-corrected chi connectivity index (χ0v) is 14.1. The second-order valence-electron chi connectivity index (χ2n) is 6.38. The molecule has 2 aromatic rings. The Morgan fingerprint density at radius 1 is 1.17 bits per heavy atom. The van der Waals surface area contributed by atoms with Crippen LogP contribution in [0.3, 0.4) is 0 Å². The number of aromatic nitrogens is 2. The molecule has 0 aliphatic carbocycles. The van der Waals surface area contributed by atoms with Gasteiger partial charge in [-0.2, -0.15) is 0 Å². The number of hydrogen-bond donors (Lipinski definition) is 0. The van der Waals surface area contributed by atoms with Gasteiger partial charge in [-0.25, -0.2) is 9.97 Å². The van der Waals surface area contributed by atoms with Crippen molar-refractivity contribution in [3.05, 3.63) is 58.2 Å². The molecule has 1 aromatic carbocycles. The molecule has 120 valence electrons. The Kier molecular flexibility index (Phi) is 4.13. The Morgan fingerprint density at radius 2 is 1.91 bits per heavy atom. The molecule has 0 spiro atoms. The molecule has 0 saturated carbocycles. The van der Waals surface area contributed by atoms with Gasteiger partial charge in [0.15, 0.2) is 0 Å². The van der Waals surface area contributed by atoms with Crippen LogP contribution in [-0.2, 0) is 19.6 Å². The van der Waals surface area contributed by atoms with Gasteiger partial charge in [-0.15, -0.1) is 0 Å². The summed E-state index contributed by atoms with van der Waals surface area (Å²) >= 11 is 0. The third-order valence-electron chi connectivity index (χ3n) is 4.10. The Labute approximate surface area is 137 Å². The van der Waals surface area contributed by atoms with Crippen LogP contribution in [0.2, 0.25) is 0 Å². The van der Waals surface area contributed by atoms with Crippen LogP contribution in [0, 0.1) is 13.8 Å². The van der Waals surface area contributed by atoms with Crippen LogP contribution in [0.15, 0.2) is 24.3 Å². The molecular weight excluding hydrogens is 288 g/mol. The maximum absolute atomic E-state index is 12.6. The number of nitrogens with zero attached hydrogens (tertiary/aromatic N) is 4. The molecule has 2 heterocycles. The van der Waals surface area contributed by atoms with Crippen molar-refractivity contribution in [2.45, 2.75) is 33.5 Å².